The third-order valence-corrected chi connectivity index (χ3v) is 3.42. The largest absolute Gasteiger partial charge is 0.349 e. The van der Waals surface area contributed by atoms with Gasteiger partial charge in [-0.1, -0.05) is 0 Å². The van der Waals surface area contributed by atoms with Crippen LogP contribution in [0.2, 0.25) is 0 Å². The van der Waals surface area contributed by atoms with E-state index in [9.17, 15) is 10.1 Å². The molecule has 1 N–H and O–H groups in total. The summed E-state index contributed by atoms with van der Waals surface area (Å²) in [5.41, 5.74) is 0.797. The molecule has 0 aromatic carbocycles. The van der Waals surface area contributed by atoms with E-state index in [1.165, 1.54) is 0 Å². The number of hydrogen-bond acceptors (Lipinski definition) is 5. The van der Waals surface area contributed by atoms with Crippen molar-refractivity contribution in [2.75, 3.05) is 25.0 Å². The van der Waals surface area contributed by atoms with E-state index in [0.717, 1.165) is 25.9 Å². The first-order valence-corrected chi connectivity index (χ1v) is 6.15. The fourth-order valence-electron chi connectivity index (χ4n) is 2.40. The Hall–Kier alpha value is -1.69. The minimum atomic E-state index is -0.333. The molecule has 1 aromatic rings. The maximum absolute atomic E-state index is 11.2. The Balaban J connectivity index is 2.32. The lowest BCUT2D eigenvalue weighted by Gasteiger charge is -2.33. The molecular weight excluding hydrogens is 232 g/mol. The van der Waals surface area contributed by atoms with Gasteiger partial charge in [0.2, 0.25) is 5.82 Å². The van der Waals surface area contributed by atoms with Gasteiger partial charge in [0.05, 0.1) is 4.92 Å². The Kier molecular flexibility index (Phi) is 3.76. The molecule has 98 valence electrons. The highest BCUT2D eigenvalue weighted by Gasteiger charge is 2.27. The molecule has 1 aliphatic rings. The summed E-state index contributed by atoms with van der Waals surface area (Å²) >= 11 is 0. The van der Waals surface area contributed by atoms with E-state index >= 15 is 0 Å². The average Bonchev–Trinajstić information content (AvgIpc) is 2.38. The summed E-state index contributed by atoms with van der Waals surface area (Å²) < 4.78 is 0. The van der Waals surface area contributed by atoms with Crippen molar-refractivity contribution >= 4 is 11.5 Å². The molecule has 1 atom stereocenters. The second-order valence-electron chi connectivity index (χ2n) is 4.63. The molecule has 2 rings (SSSR count). The van der Waals surface area contributed by atoms with E-state index in [4.69, 9.17) is 0 Å². The maximum Gasteiger partial charge on any atom is 0.314 e. The normalized spacial score (nSPS) is 19.9. The Bertz CT molecular complexity index is 450. The zero-order chi connectivity index (χ0) is 13.1. The van der Waals surface area contributed by atoms with Crippen molar-refractivity contribution < 1.29 is 4.92 Å². The fraction of sp³-hybridized carbons (Fsp3) is 0.583. The Labute approximate surface area is 106 Å². The Morgan fingerprint density at radius 1 is 1.61 bits per heavy atom. The molecule has 1 saturated heterocycles. The van der Waals surface area contributed by atoms with Crippen LogP contribution in [0.1, 0.15) is 18.4 Å². The lowest BCUT2D eigenvalue weighted by atomic mass is 10.1. The number of piperidine rings is 1. The molecule has 0 spiro atoms. The lowest BCUT2D eigenvalue weighted by Crippen LogP contribution is -2.45. The number of nitro groups is 1. The van der Waals surface area contributed by atoms with Crippen LogP contribution in [0.15, 0.2) is 12.3 Å². The number of nitrogens with one attached hydrogen (secondary N) is 1. The first-order valence-electron chi connectivity index (χ1n) is 6.15. The van der Waals surface area contributed by atoms with Gasteiger partial charge in [0, 0.05) is 30.9 Å². The van der Waals surface area contributed by atoms with Gasteiger partial charge in [-0.05, 0) is 32.9 Å². The van der Waals surface area contributed by atoms with Gasteiger partial charge in [0.15, 0.2) is 0 Å². The fourth-order valence-corrected chi connectivity index (χ4v) is 2.40. The molecule has 0 aliphatic carbocycles. The molecule has 1 aromatic heterocycles. The molecule has 18 heavy (non-hydrogen) atoms. The van der Waals surface area contributed by atoms with Gasteiger partial charge in [0.25, 0.3) is 0 Å². The zero-order valence-electron chi connectivity index (χ0n) is 10.7. The first kappa shape index (κ1) is 12.8. The van der Waals surface area contributed by atoms with Gasteiger partial charge < -0.3 is 10.2 Å². The molecule has 0 amide bonds. The van der Waals surface area contributed by atoms with Crippen molar-refractivity contribution in [3.05, 3.63) is 27.9 Å². The Morgan fingerprint density at radius 2 is 2.39 bits per heavy atom. The van der Waals surface area contributed by atoms with Crippen molar-refractivity contribution in [3.63, 3.8) is 0 Å². The van der Waals surface area contributed by atoms with Gasteiger partial charge in [-0.3, -0.25) is 10.1 Å². The number of likely N-dealkylation sites (N-methyl/N-ethyl adjacent to an activating group) is 1. The molecule has 0 bridgehead atoms. The molecule has 6 heteroatoms. The highest BCUT2D eigenvalue weighted by atomic mass is 16.6. The predicted molar refractivity (Wildman–Crippen MR) is 69.9 cm³/mol. The summed E-state index contributed by atoms with van der Waals surface area (Å²) in [6.45, 7) is 3.35. The van der Waals surface area contributed by atoms with Crippen molar-refractivity contribution in [2.24, 2.45) is 0 Å². The van der Waals surface area contributed by atoms with E-state index in [1.54, 1.807) is 19.2 Å². The standard InChI is InChI=1S/C12H18N4O2/c1-9-5-6-14-12(11(9)16(17)18)15-7-3-4-10(8-15)13-2/h5-6,10,13H,3-4,7-8H2,1-2H3. The van der Waals surface area contributed by atoms with Crippen LogP contribution in [0.5, 0.6) is 0 Å². The summed E-state index contributed by atoms with van der Waals surface area (Å²) in [6.07, 6.45) is 3.77. The van der Waals surface area contributed by atoms with Crippen LogP contribution >= 0.6 is 0 Å². The van der Waals surface area contributed by atoms with Crippen LogP contribution in [0.3, 0.4) is 0 Å². The van der Waals surface area contributed by atoms with Crippen molar-refractivity contribution in [1.29, 1.82) is 0 Å². The van der Waals surface area contributed by atoms with Gasteiger partial charge in [-0.2, -0.15) is 0 Å². The van der Waals surface area contributed by atoms with Gasteiger partial charge in [-0.25, -0.2) is 4.98 Å². The summed E-state index contributed by atoms with van der Waals surface area (Å²) in [6, 6.07) is 2.06. The molecule has 6 nitrogen and oxygen atoms in total. The van der Waals surface area contributed by atoms with Crippen molar-refractivity contribution in [3.8, 4) is 0 Å². The third-order valence-electron chi connectivity index (χ3n) is 3.42. The number of anilines is 1. The molecule has 0 radical (unpaired) electrons. The van der Waals surface area contributed by atoms with E-state index in [2.05, 4.69) is 10.3 Å². The first-order chi connectivity index (χ1) is 8.63. The predicted octanol–water partition coefficient (Wildman–Crippen LogP) is 1.49. The summed E-state index contributed by atoms with van der Waals surface area (Å²) in [4.78, 5) is 17.0. The number of aryl methyl sites for hydroxylation is 1. The van der Waals surface area contributed by atoms with E-state index in [1.807, 2.05) is 11.9 Å². The molecule has 2 heterocycles. The summed E-state index contributed by atoms with van der Waals surface area (Å²) in [5.74, 6) is 0.500. The molecule has 1 aliphatic heterocycles. The van der Waals surface area contributed by atoms with Crippen LogP contribution in [-0.4, -0.2) is 36.1 Å². The summed E-state index contributed by atoms with van der Waals surface area (Å²) in [7, 11) is 1.92. The number of nitrogens with zero attached hydrogens (tertiary/aromatic N) is 3. The number of hydrogen-bond donors (Lipinski definition) is 1. The minimum absolute atomic E-state index is 0.134. The minimum Gasteiger partial charge on any atom is -0.349 e. The average molecular weight is 250 g/mol. The number of pyridine rings is 1. The monoisotopic (exact) mass is 250 g/mol. The third kappa shape index (κ3) is 2.43. The van der Waals surface area contributed by atoms with Crippen molar-refractivity contribution in [1.82, 2.24) is 10.3 Å². The molecular formula is C12H18N4O2. The molecule has 1 fully saturated rings. The van der Waals surface area contributed by atoms with Crippen LogP contribution in [0.4, 0.5) is 11.5 Å². The zero-order valence-corrected chi connectivity index (χ0v) is 10.7. The second kappa shape index (κ2) is 5.30. The van der Waals surface area contributed by atoms with Gasteiger partial charge >= 0.3 is 5.69 Å². The highest BCUT2D eigenvalue weighted by Crippen LogP contribution is 2.30. The highest BCUT2D eigenvalue weighted by molar-refractivity contribution is 5.61. The molecule has 1 unspecified atom stereocenters. The lowest BCUT2D eigenvalue weighted by molar-refractivity contribution is -0.384. The van der Waals surface area contributed by atoms with Crippen LogP contribution in [0, 0.1) is 17.0 Å². The number of rotatable bonds is 3. The molecule has 0 saturated carbocycles. The van der Waals surface area contributed by atoms with Gasteiger partial charge in [0.1, 0.15) is 0 Å². The van der Waals surface area contributed by atoms with E-state index in [-0.39, 0.29) is 10.6 Å². The van der Waals surface area contributed by atoms with E-state index < -0.39 is 0 Å². The van der Waals surface area contributed by atoms with Gasteiger partial charge in [-0.15, -0.1) is 0 Å². The summed E-state index contributed by atoms with van der Waals surface area (Å²) in [5, 5.41) is 14.4. The van der Waals surface area contributed by atoms with Crippen LogP contribution in [0.25, 0.3) is 0 Å². The van der Waals surface area contributed by atoms with Crippen LogP contribution in [-0.2, 0) is 0 Å². The SMILES string of the molecule is CNC1CCCN(c2nccc(C)c2[N+](=O)[O-])C1. The Morgan fingerprint density at radius 3 is 3.06 bits per heavy atom. The maximum atomic E-state index is 11.2. The topological polar surface area (TPSA) is 71.3 Å². The second-order valence-corrected chi connectivity index (χ2v) is 4.63. The van der Waals surface area contributed by atoms with Crippen LogP contribution < -0.4 is 10.2 Å². The van der Waals surface area contributed by atoms with E-state index in [0.29, 0.717) is 17.4 Å². The quantitative estimate of drug-likeness (QED) is 0.650. The van der Waals surface area contributed by atoms with Crippen molar-refractivity contribution in [2.45, 2.75) is 25.8 Å². The smallest absolute Gasteiger partial charge is 0.314 e. The number of aromatic nitrogens is 1.